The second-order valence-electron chi connectivity index (χ2n) is 8.66. The number of fused-ring (bicyclic) bond motifs is 1. The molecule has 1 atom stereocenters. The van der Waals surface area contributed by atoms with Gasteiger partial charge in [-0.05, 0) is 56.2 Å². The molecule has 5 rings (SSSR count). The van der Waals surface area contributed by atoms with Gasteiger partial charge in [0.2, 0.25) is 5.91 Å². The maximum Gasteiger partial charge on any atom is 0.225 e. The molecule has 1 unspecified atom stereocenters. The van der Waals surface area contributed by atoms with E-state index in [9.17, 15) is 4.79 Å². The molecule has 152 valence electrons. The summed E-state index contributed by atoms with van der Waals surface area (Å²) in [4.78, 5) is 19.7. The third kappa shape index (κ3) is 3.80. The summed E-state index contributed by atoms with van der Waals surface area (Å²) in [5.74, 6) is 1.33. The van der Waals surface area contributed by atoms with E-state index >= 15 is 0 Å². The summed E-state index contributed by atoms with van der Waals surface area (Å²) < 4.78 is 2.33. The van der Waals surface area contributed by atoms with Gasteiger partial charge in [-0.3, -0.25) is 9.89 Å². The molecule has 2 fully saturated rings. The van der Waals surface area contributed by atoms with Crippen molar-refractivity contribution in [3.8, 4) is 11.3 Å². The highest BCUT2D eigenvalue weighted by Crippen LogP contribution is 2.29. The molecule has 6 heteroatoms. The number of rotatable bonds is 4. The first kappa shape index (κ1) is 18.4. The van der Waals surface area contributed by atoms with E-state index in [4.69, 9.17) is 4.98 Å². The molecule has 0 radical (unpaired) electrons. The number of likely N-dealkylation sites (tertiary alicyclic amines) is 1. The van der Waals surface area contributed by atoms with Crippen LogP contribution < -0.4 is 0 Å². The topological polar surface area (TPSA) is 66.8 Å². The zero-order chi connectivity index (χ0) is 19.6. The fourth-order valence-electron chi connectivity index (χ4n) is 5.06. The molecule has 1 amide bonds. The fraction of sp³-hybridized carbons (Fsp3) is 0.522. The Bertz CT molecular complexity index is 970. The molecule has 4 heterocycles. The van der Waals surface area contributed by atoms with Crippen LogP contribution in [0, 0.1) is 11.8 Å². The second-order valence-corrected chi connectivity index (χ2v) is 8.66. The lowest BCUT2D eigenvalue weighted by Gasteiger charge is -2.24. The van der Waals surface area contributed by atoms with Gasteiger partial charge in [0.05, 0.1) is 22.9 Å². The first-order valence-corrected chi connectivity index (χ1v) is 11.0. The molecule has 0 spiro atoms. The smallest absolute Gasteiger partial charge is 0.225 e. The normalized spacial score (nSPS) is 21.0. The summed E-state index contributed by atoms with van der Waals surface area (Å²) in [6, 6.07) is 6.33. The minimum absolute atomic E-state index is 0.301. The molecule has 1 aliphatic carbocycles. The van der Waals surface area contributed by atoms with Crippen LogP contribution in [0.1, 0.15) is 44.9 Å². The molecular formula is C23H29N5O. The van der Waals surface area contributed by atoms with Gasteiger partial charge < -0.3 is 9.47 Å². The van der Waals surface area contributed by atoms with E-state index in [0.29, 0.717) is 17.7 Å². The van der Waals surface area contributed by atoms with Gasteiger partial charge in [0, 0.05) is 43.5 Å². The summed E-state index contributed by atoms with van der Waals surface area (Å²) in [7, 11) is 0. The highest BCUT2D eigenvalue weighted by Gasteiger charge is 2.29. The van der Waals surface area contributed by atoms with Gasteiger partial charge in [-0.15, -0.1) is 0 Å². The van der Waals surface area contributed by atoms with Crippen molar-refractivity contribution < 1.29 is 4.79 Å². The molecule has 1 aliphatic heterocycles. The monoisotopic (exact) mass is 391 g/mol. The summed E-state index contributed by atoms with van der Waals surface area (Å²) in [6.45, 7) is 2.86. The standard InChI is InChI=1S/C23H29N5O/c29-23(18-5-1-2-6-18)27-11-3-4-17(9-12-27)16-28-13-10-21-22(28)8-7-20(26-21)19-14-24-25-15-19/h7-8,10,13-15,17-18H,1-6,9,11-12,16H2,(H,24,25). The summed E-state index contributed by atoms with van der Waals surface area (Å²) in [6.07, 6.45) is 13.9. The van der Waals surface area contributed by atoms with Crippen LogP contribution >= 0.6 is 0 Å². The lowest BCUT2D eigenvalue weighted by Crippen LogP contribution is -2.36. The lowest BCUT2D eigenvalue weighted by atomic mass is 10.0. The Labute approximate surface area is 171 Å². The largest absolute Gasteiger partial charge is 0.346 e. The number of amides is 1. The van der Waals surface area contributed by atoms with Crippen molar-refractivity contribution in [1.29, 1.82) is 0 Å². The number of nitrogens with one attached hydrogen (secondary N) is 1. The van der Waals surface area contributed by atoms with Crippen LogP contribution in [0.3, 0.4) is 0 Å². The molecular weight excluding hydrogens is 362 g/mol. The number of nitrogens with zero attached hydrogens (tertiary/aromatic N) is 4. The third-order valence-corrected chi connectivity index (χ3v) is 6.74. The zero-order valence-corrected chi connectivity index (χ0v) is 16.9. The first-order valence-electron chi connectivity index (χ1n) is 11.0. The van der Waals surface area contributed by atoms with E-state index in [0.717, 1.165) is 62.1 Å². The Morgan fingerprint density at radius 3 is 2.79 bits per heavy atom. The number of aromatic amines is 1. The maximum absolute atomic E-state index is 12.8. The SMILES string of the molecule is O=C(C1CCCC1)N1CCCC(Cn2ccc3nc(-c4cn[nH]c4)ccc32)CC1. The Balaban J connectivity index is 1.25. The Hall–Kier alpha value is -2.63. The highest BCUT2D eigenvalue weighted by molar-refractivity contribution is 5.79. The number of carbonyl (C=O) groups is 1. The minimum atomic E-state index is 0.301. The zero-order valence-electron chi connectivity index (χ0n) is 16.9. The fourth-order valence-corrected chi connectivity index (χ4v) is 5.06. The Morgan fingerprint density at radius 2 is 1.97 bits per heavy atom. The molecule has 0 aromatic carbocycles. The molecule has 0 bridgehead atoms. The van der Waals surface area contributed by atoms with E-state index in [1.807, 2.05) is 6.20 Å². The van der Waals surface area contributed by atoms with E-state index in [-0.39, 0.29) is 0 Å². The minimum Gasteiger partial charge on any atom is -0.346 e. The van der Waals surface area contributed by atoms with Gasteiger partial charge in [0.1, 0.15) is 0 Å². The molecule has 2 aliphatic rings. The van der Waals surface area contributed by atoms with Crippen LogP contribution in [0.4, 0.5) is 0 Å². The molecule has 1 saturated carbocycles. The molecule has 29 heavy (non-hydrogen) atoms. The van der Waals surface area contributed by atoms with Gasteiger partial charge >= 0.3 is 0 Å². The van der Waals surface area contributed by atoms with Crippen LogP contribution in [0.15, 0.2) is 36.8 Å². The molecule has 3 aromatic heterocycles. The van der Waals surface area contributed by atoms with E-state index < -0.39 is 0 Å². The Morgan fingerprint density at radius 1 is 1.07 bits per heavy atom. The van der Waals surface area contributed by atoms with Crippen LogP contribution in [0.5, 0.6) is 0 Å². The average molecular weight is 392 g/mol. The van der Waals surface area contributed by atoms with Crippen molar-refractivity contribution in [1.82, 2.24) is 24.6 Å². The molecule has 3 aromatic rings. The maximum atomic E-state index is 12.8. The lowest BCUT2D eigenvalue weighted by molar-refractivity contribution is -0.135. The van der Waals surface area contributed by atoms with Crippen LogP contribution in [0.25, 0.3) is 22.3 Å². The van der Waals surface area contributed by atoms with Crippen LogP contribution in [-0.4, -0.2) is 43.6 Å². The van der Waals surface area contributed by atoms with Crippen LogP contribution in [-0.2, 0) is 11.3 Å². The van der Waals surface area contributed by atoms with Crippen molar-refractivity contribution >= 4 is 16.9 Å². The first-order chi connectivity index (χ1) is 14.3. The number of H-pyrrole nitrogens is 1. The number of carbonyl (C=O) groups excluding carboxylic acids is 1. The quantitative estimate of drug-likeness (QED) is 0.723. The van der Waals surface area contributed by atoms with Crippen molar-refractivity contribution in [3.63, 3.8) is 0 Å². The average Bonchev–Trinajstić information content (AvgIpc) is 3.49. The van der Waals surface area contributed by atoms with E-state index in [1.54, 1.807) is 6.20 Å². The number of hydrogen-bond donors (Lipinski definition) is 1. The van der Waals surface area contributed by atoms with E-state index in [2.05, 4.69) is 44.1 Å². The highest BCUT2D eigenvalue weighted by atomic mass is 16.2. The van der Waals surface area contributed by atoms with Crippen molar-refractivity contribution in [2.45, 2.75) is 51.5 Å². The summed E-state index contributed by atoms with van der Waals surface area (Å²) >= 11 is 0. The second kappa shape index (κ2) is 8.01. The Kier molecular flexibility index (Phi) is 5.08. The van der Waals surface area contributed by atoms with Gasteiger partial charge in [-0.1, -0.05) is 12.8 Å². The third-order valence-electron chi connectivity index (χ3n) is 6.74. The molecule has 1 N–H and O–H groups in total. The summed E-state index contributed by atoms with van der Waals surface area (Å²) in [5, 5.41) is 6.86. The van der Waals surface area contributed by atoms with Crippen LogP contribution in [0.2, 0.25) is 0 Å². The van der Waals surface area contributed by atoms with Gasteiger partial charge in [-0.25, -0.2) is 4.98 Å². The van der Waals surface area contributed by atoms with Gasteiger partial charge in [0.25, 0.3) is 0 Å². The molecule has 6 nitrogen and oxygen atoms in total. The predicted molar refractivity (Wildman–Crippen MR) is 113 cm³/mol. The van der Waals surface area contributed by atoms with Crippen molar-refractivity contribution in [2.24, 2.45) is 11.8 Å². The van der Waals surface area contributed by atoms with E-state index in [1.165, 1.54) is 24.8 Å². The number of hydrogen-bond acceptors (Lipinski definition) is 3. The predicted octanol–water partition coefficient (Wildman–Crippen LogP) is 4.25. The number of aromatic nitrogens is 4. The molecule has 1 saturated heterocycles. The van der Waals surface area contributed by atoms with Gasteiger partial charge in [0.15, 0.2) is 0 Å². The van der Waals surface area contributed by atoms with Gasteiger partial charge in [-0.2, -0.15) is 5.10 Å². The van der Waals surface area contributed by atoms with Crippen molar-refractivity contribution in [2.75, 3.05) is 13.1 Å². The van der Waals surface area contributed by atoms with Crippen molar-refractivity contribution in [3.05, 3.63) is 36.8 Å². The summed E-state index contributed by atoms with van der Waals surface area (Å²) in [5.41, 5.74) is 4.16. The number of pyridine rings is 1.